The van der Waals surface area contributed by atoms with Crippen molar-refractivity contribution in [1.29, 1.82) is 5.26 Å². The smallest absolute Gasteiger partial charge is 0.275 e. The van der Waals surface area contributed by atoms with Crippen LogP contribution in [0.25, 0.3) is 0 Å². The first kappa shape index (κ1) is 18.7. The number of methoxy groups -OCH3 is 2. The monoisotopic (exact) mass is 375 g/mol. The number of aromatic nitrogens is 2. The van der Waals surface area contributed by atoms with E-state index in [1.165, 1.54) is 26.6 Å². The Morgan fingerprint density at radius 2 is 1.82 bits per heavy atom. The van der Waals surface area contributed by atoms with Gasteiger partial charge < -0.3 is 20.1 Å². The molecule has 0 bridgehead atoms. The van der Waals surface area contributed by atoms with Gasteiger partial charge in [0, 0.05) is 17.4 Å². The van der Waals surface area contributed by atoms with E-state index in [1.807, 2.05) is 0 Å². The fourth-order valence-corrected chi connectivity index (χ4v) is 2.43. The summed E-state index contributed by atoms with van der Waals surface area (Å²) in [5, 5.41) is 14.7. The number of carbonyl (C=O) groups excluding carboxylic acids is 1. The van der Waals surface area contributed by atoms with Gasteiger partial charge in [0.2, 0.25) is 0 Å². The summed E-state index contributed by atoms with van der Waals surface area (Å²) in [6.07, 6.45) is 2.81. The maximum Gasteiger partial charge on any atom is 0.275 e. The Morgan fingerprint density at radius 1 is 1.00 bits per heavy atom. The molecule has 2 N–H and O–H groups in total. The summed E-state index contributed by atoms with van der Waals surface area (Å²) >= 11 is 0. The molecule has 0 aliphatic carbocycles. The third kappa shape index (κ3) is 4.34. The molecule has 3 rings (SSSR count). The topological polar surface area (TPSA) is 109 Å². The number of rotatable bonds is 6. The molecule has 0 spiro atoms. The lowest BCUT2D eigenvalue weighted by molar-refractivity contribution is 0.102. The van der Waals surface area contributed by atoms with Crippen LogP contribution in [0.1, 0.15) is 16.1 Å². The largest absolute Gasteiger partial charge is 0.493 e. The van der Waals surface area contributed by atoms with Gasteiger partial charge in [0.25, 0.3) is 5.91 Å². The molecule has 0 atom stereocenters. The molecule has 8 heteroatoms. The Kier molecular flexibility index (Phi) is 5.67. The van der Waals surface area contributed by atoms with Crippen molar-refractivity contribution in [3.63, 3.8) is 0 Å². The molecular weight excluding hydrogens is 358 g/mol. The number of hydrogen-bond acceptors (Lipinski definition) is 7. The van der Waals surface area contributed by atoms with Crippen LogP contribution in [-0.2, 0) is 0 Å². The van der Waals surface area contributed by atoms with E-state index >= 15 is 0 Å². The zero-order chi connectivity index (χ0) is 19.9. The second kappa shape index (κ2) is 8.51. The molecular formula is C20H17N5O3. The summed E-state index contributed by atoms with van der Waals surface area (Å²) in [5.41, 5.74) is 1.94. The fraction of sp³-hybridized carbons (Fsp3) is 0.100. The van der Waals surface area contributed by atoms with Gasteiger partial charge in [0.05, 0.1) is 38.2 Å². The van der Waals surface area contributed by atoms with Crippen LogP contribution in [0.4, 0.5) is 17.2 Å². The third-order valence-corrected chi connectivity index (χ3v) is 3.79. The molecule has 8 nitrogen and oxygen atoms in total. The lowest BCUT2D eigenvalue weighted by Gasteiger charge is -2.10. The van der Waals surface area contributed by atoms with Crippen molar-refractivity contribution in [1.82, 2.24) is 9.97 Å². The van der Waals surface area contributed by atoms with Crippen molar-refractivity contribution in [2.24, 2.45) is 0 Å². The first-order valence-corrected chi connectivity index (χ1v) is 8.25. The maximum absolute atomic E-state index is 12.4. The van der Waals surface area contributed by atoms with Gasteiger partial charge in [0.15, 0.2) is 11.5 Å². The summed E-state index contributed by atoms with van der Waals surface area (Å²) in [5.74, 6) is 1.12. The van der Waals surface area contributed by atoms with Crippen molar-refractivity contribution >= 4 is 23.1 Å². The molecule has 0 aliphatic heterocycles. The number of anilines is 3. The minimum atomic E-state index is -0.405. The highest BCUT2D eigenvalue weighted by atomic mass is 16.5. The molecule has 1 amide bonds. The SMILES string of the molecule is COc1ccc(NC(=O)c2cnc(Nc3cccc(C#N)c3)cn2)cc1OC. The highest BCUT2D eigenvalue weighted by molar-refractivity contribution is 6.02. The van der Waals surface area contributed by atoms with E-state index in [1.54, 1.807) is 42.5 Å². The van der Waals surface area contributed by atoms with E-state index in [0.29, 0.717) is 34.3 Å². The van der Waals surface area contributed by atoms with Crippen LogP contribution >= 0.6 is 0 Å². The van der Waals surface area contributed by atoms with Gasteiger partial charge in [-0.05, 0) is 30.3 Å². The first-order chi connectivity index (χ1) is 13.6. The molecule has 140 valence electrons. The Bertz CT molecular complexity index is 1030. The van der Waals surface area contributed by atoms with Crippen molar-refractivity contribution in [2.75, 3.05) is 24.9 Å². The molecule has 0 unspecified atom stereocenters. The minimum absolute atomic E-state index is 0.158. The average Bonchev–Trinajstić information content (AvgIpc) is 2.74. The predicted octanol–water partition coefficient (Wildman–Crippen LogP) is 3.36. The summed E-state index contributed by atoms with van der Waals surface area (Å²) in [7, 11) is 3.06. The number of carbonyl (C=O) groups is 1. The van der Waals surface area contributed by atoms with Crippen LogP contribution < -0.4 is 20.1 Å². The highest BCUT2D eigenvalue weighted by Gasteiger charge is 2.11. The molecule has 1 aromatic heterocycles. The number of ether oxygens (including phenoxy) is 2. The quantitative estimate of drug-likeness (QED) is 0.680. The van der Waals surface area contributed by atoms with Gasteiger partial charge in [-0.15, -0.1) is 0 Å². The van der Waals surface area contributed by atoms with Gasteiger partial charge in [-0.3, -0.25) is 4.79 Å². The minimum Gasteiger partial charge on any atom is -0.493 e. The summed E-state index contributed by atoms with van der Waals surface area (Å²) in [6.45, 7) is 0. The Labute approximate surface area is 161 Å². The number of hydrogen-bond donors (Lipinski definition) is 2. The van der Waals surface area contributed by atoms with Crippen LogP contribution in [0, 0.1) is 11.3 Å². The van der Waals surface area contributed by atoms with Gasteiger partial charge in [0.1, 0.15) is 11.5 Å². The fourth-order valence-electron chi connectivity index (χ4n) is 2.43. The number of nitrogens with one attached hydrogen (secondary N) is 2. The summed E-state index contributed by atoms with van der Waals surface area (Å²) < 4.78 is 10.4. The van der Waals surface area contributed by atoms with E-state index in [9.17, 15) is 4.79 Å². The van der Waals surface area contributed by atoms with Crippen molar-refractivity contribution in [2.45, 2.75) is 0 Å². The van der Waals surface area contributed by atoms with E-state index < -0.39 is 5.91 Å². The maximum atomic E-state index is 12.4. The van der Waals surface area contributed by atoms with Crippen molar-refractivity contribution < 1.29 is 14.3 Å². The number of nitriles is 1. The predicted molar refractivity (Wildman–Crippen MR) is 104 cm³/mol. The van der Waals surface area contributed by atoms with Gasteiger partial charge in [-0.25, -0.2) is 9.97 Å². The molecule has 1 heterocycles. The molecule has 2 aromatic carbocycles. The Hall–Kier alpha value is -4.12. The third-order valence-electron chi connectivity index (χ3n) is 3.79. The molecule has 28 heavy (non-hydrogen) atoms. The van der Waals surface area contributed by atoms with Gasteiger partial charge in [-0.2, -0.15) is 5.26 Å². The zero-order valence-electron chi connectivity index (χ0n) is 15.3. The Morgan fingerprint density at radius 3 is 2.50 bits per heavy atom. The molecule has 0 fully saturated rings. The molecule has 0 radical (unpaired) electrons. The second-order valence-electron chi connectivity index (χ2n) is 5.63. The molecule has 3 aromatic rings. The lowest BCUT2D eigenvalue weighted by Crippen LogP contribution is -2.14. The Balaban J connectivity index is 1.69. The van der Waals surface area contributed by atoms with Crippen LogP contribution in [-0.4, -0.2) is 30.1 Å². The van der Waals surface area contributed by atoms with E-state index in [-0.39, 0.29) is 5.69 Å². The standard InChI is InChI=1S/C20H17N5O3/c1-27-17-7-6-15(9-18(17)28-2)25-20(26)16-11-23-19(12-22-16)24-14-5-3-4-13(8-14)10-21/h3-9,11-12H,1-2H3,(H,23,24)(H,25,26). The summed E-state index contributed by atoms with van der Waals surface area (Å²) in [6, 6.07) is 14.1. The van der Waals surface area contributed by atoms with Gasteiger partial charge >= 0.3 is 0 Å². The lowest BCUT2D eigenvalue weighted by atomic mass is 10.2. The van der Waals surface area contributed by atoms with E-state index in [0.717, 1.165) is 0 Å². The number of amides is 1. The highest BCUT2D eigenvalue weighted by Crippen LogP contribution is 2.29. The zero-order valence-corrected chi connectivity index (χ0v) is 15.3. The second-order valence-corrected chi connectivity index (χ2v) is 5.63. The molecule has 0 aliphatic rings. The van der Waals surface area contributed by atoms with Crippen LogP contribution in [0.15, 0.2) is 54.9 Å². The molecule has 0 saturated heterocycles. The number of nitrogens with zero attached hydrogens (tertiary/aromatic N) is 3. The van der Waals surface area contributed by atoms with Crippen LogP contribution in [0.3, 0.4) is 0 Å². The summed E-state index contributed by atoms with van der Waals surface area (Å²) in [4.78, 5) is 20.7. The normalized spacial score (nSPS) is 9.89. The average molecular weight is 375 g/mol. The van der Waals surface area contributed by atoms with Crippen LogP contribution in [0.2, 0.25) is 0 Å². The van der Waals surface area contributed by atoms with Gasteiger partial charge in [-0.1, -0.05) is 6.07 Å². The van der Waals surface area contributed by atoms with Crippen LogP contribution in [0.5, 0.6) is 11.5 Å². The number of benzene rings is 2. The van der Waals surface area contributed by atoms with E-state index in [4.69, 9.17) is 14.7 Å². The van der Waals surface area contributed by atoms with Crippen molar-refractivity contribution in [3.8, 4) is 17.6 Å². The van der Waals surface area contributed by atoms with Crippen molar-refractivity contribution in [3.05, 3.63) is 66.1 Å². The first-order valence-electron chi connectivity index (χ1n) is 8.25. The molecule has 0 saturated carbocycles. The van der Waals surface area contributed by atoms with E-state index in [2.05, 4.69) is 26.7 Å².